The van der Waals surface area contributed by atoms with Crippen LogP contribution in [-0.4, -0.2) is 30.0 Å². The fraction of sp³-hybridized carbons (Fsp3) is 0.462. The normalized spacial score (nSPS) is 17.9. The molecule has 0 spiro atoms. The second-order valence-electron chi connectivity index (χ2n) is 4.20. The van der Waals surface area contributed by atoms with Crippen LogP contribution in [0.2, 0.25) is 0 Å². The lowest BCUT2D eigenvalue weighted by molar-refractivity contribution is 0.234. The van der Waals surface area contributed by atoms with Gasteiger partial charge in [0.1, 0.15) is 0 Å². The van der Waals surface area contributed by atoms with Gasteiger partial charge < -0.3 is 15.7 Å². The monoisotopic (exact) mass is 266 g/mol. The zero-order valence-corrected chi connectivity index (χ0v) is 11.0. The van der Waals surface area contributed by atoms with Gasteiger partial charge in [-0.1, -0.05) is 18.2 Å². The maximum Gasteiger partial charge on any atom is 0.315 e. The third kappa shape index (κ3) is 3.40. The van der Waals surface area contributed by atoms with Gasteiger partial charge in [0.05, 0.1) is 6.04 Å². The number of carbonyl (C=O) groups excluding carboxylic acids is 1. The summed E-state index contributed by atoms with van der Waals surface area (Å²) in [6, 6.07) is 8.13. The molecule has 1 atom stereocenters. The van der Waals surface area contributed by atoms with E-state index in [4.69, 9.17) is 5.11 Å². The van der Waals surface area contributed by atoms with Crippen molar-refractivity contribution >= 4 is 17.8 Å². The van der Waals surface area contributed by atoms with Crippen LogP contribution in [-0.2, 0) is 0 Å². The zero-order chi connectivity index (χ0) is 12.8. The molecule has 1 heterocycles. The van der Waals surface area contributed by atoms with E-state index < -0.39 is 0 Å². The summed E-state index contributed by atoms with van der Waals surface area (Å²) in [6.07, 6.45) is 1.54. The number of rotatable bonds is 4. The van der Waals surface area contributed by atoms with Crippen LogP contribution in [0.25, 0.3) is 0 Å². The Morgan fingerprint density at radius 2 is 2.28 bits per heavy atom. The van der Waals surface area contributed by atoms with Crippen LogP contribution in [0.3, 0.4) is 0 Å². The molecule has 2 amide bonds. The number of nitrogens with one attached hydrogen (secondary N) is 2. The zero-order valence-electron chi connectivity index (χ0n) is 10.2. The molecule has 18 heavy (non-hydrogen) atoms. The van der Waals surface area contributed by atoms with Crippen molar-refractivity contribution in [2.45, 2.75) is 23.8 Å². The standard InChI is InChI=1S/C13H18N2O2S/c16-8-3-7-14-13(17)15-11-6-9-18-12-5-2-1-4-10(11)12/h1-2,4-5,11,16H,3,6-9H2,(H2,14,15,17)/t11-/m0/s1. The van der Waals surface area contributed by atoms with Crippen LogP contribution in [0, 0.1) is 0 Å². The molecule has 5 heteroatoms. The molecule has 0 fully saturated rings. The molecule has 1 aromatic rings. The second-order valence-corrected chi connectivity index (χ2v) is 5.34. The summed E-state index contributed by atoms with van der Waals surface area (Å²) >= 11 is 1.84. The molecule has 1 aliphatic heterocycles. The fourth-order valence-corrected chi connectivity index (χ4v) is 3.11. The molecule has 0 bridgehead atoms. The molecule has 0 radical (unpaired) electrons. The van der Waals surface area contributed by atoms with Gasteiger partial charge >= 0.3 is 6.03 Å². The molecule has 4 nitrogen and oxygen atoms in total. The Hall–Kier alpha value is -1.20. The van der Waals surface area contributed by atoms with E-state index in [1.165, 1.54) is 10.5 Å². The van der Waals surface area contributed by atoms with E-state index in [-0.39, 0.29) is 18.7 Å². The number of aliphatic hydroxyl groups is 1. The van der Waals surface area contributed by atoms with Gasteiger partial charge in [0.15, 0.2) is 0 Å². The van der Waals surface area contributed by atoms with Gasteiger partial charge in [0.2, 0.25) is 0 Å². The van der Waals surface area contributed by atoms with E-state index in [1.807, 2.05) is 23.9 Å². The van der Waals surface area contributed by atoms with E-state index >= 15 is 0 Å². The van der Waals surface area contributed by atoms with Gasteiger partial charge in [-0.2, -0.15) is 0 Å². The number of hydrogen-bond donors (Lipinski definition) is 3. The van der Waals surface area contributed by atoms with Crippen LogP contribution in [0.1, 0.15) is 24.4 Å². The van der Waals surface area contributed by atoms with Gasteiger partial charge in [-0.3, -0.25) is 0 Å². The summed E-state index contributed by atoms with van der Waals surface area (Å²) < 4.78 is 0. The molecule has 1 aromatic carbocycles. The summed E-state index contributed by atoms with van der Waals surface area (Å²) in [6.45, 7) is 0.606. The van der Waals surface area contributed by atoms with Gasteiger partial charge in [0, 0.05) is 23.8 Å². The summed E-state index contributed by atoms with van der Waals surface area (Å²) in [5.41, 5.74) is 1.20. The first-order valence-corrected chi connectivity index (χ1v) is 7.17. The van der Waals surface area contributed by atoms with Crippen molar-refractivity contribution in [2.24, 2.45) is 0 Å². The van der Waals surface area contributed by atoms with Crippen LogP contribution in [0.4, 0.5) is 4.79 Å². The average molecular weight is 266 g/mol. The number of benzene rings is 1. The van der Waals surface area contributed by atoms with Gasteiger partial charge in [-0.25, -0.2) is 4.79 Å². The summed E-state index contributed by atoms with van der Waals surface area (Å²) in [5, 5.41) is 14.4. The SMILES string of the molecule is O=C(NCCCO)N[C@H]1CCSc2ccccc21. The largest absolute Gasteiger partial charge is 0.396 e. The van der Waals surface area contributed by atoms with Crippen molar-refractivity contribution in [3.8, 4) is 0 Å². The second kappa shape index (κ2) is 6.66. The molecule has 1 aliphatic rings. The minimum atomic E-state index is -0.157. The van der Waals surface area contributed by atoms with E-state index in [0.29, 0.717) is 13.0 Å². The number of carbonyl (C=O) groups is 1. The van der Waals surface area contributed by atoms with Gasteiger partial charge in [-0.05, 0) is 24.5 Å². The van der Waals surface area contributed by atoms with Crippen molar-refractivity contribution in [1.82, 2.24) is 10.6 Å². The summed E-state index contributed by atoms with van der Waals surface area (Å²) in [7, 11) is 0. The van der Waals surface area contributed by atoms with Crippen molar-refractivity contribution in [3.63, 3.8) is 0 Å². The molecule has 0 aromatic heterocycles. The first-order valence-electron chi connectivity index (χ1n) is 6.18. The lowest BCUT2D eigenvalue weighted by Gasteiger charge is -2.25. The quantitative estimate of drug-likeness (QED) is 0.730. The Balaban J connectivity index is 1.92. The summed E-state index contributed by atoms with van der Waals surface area (Å²) in [5.74, 6) is 1.03. The Morgan fingerprint density at radius 1 is 1.44 bits per heavy atom. The number of aliphatic hydroxyl groups excluding tert-OH is 1. The number of hydrogen-bond acceptors (Lipinski definition) is 3. The minimum absolute atomic E-state index is 0.0941. The predicted octanol–water partition coefficient (Wildman–Crippen LogP) is 1.91. The fourth-order valence-electron chi connectivity index (χ4n) is 1.98. The van der Waals surface area contributed by atoms with Crippen molar-refractivity contribution in [3.05, 3.63) is 29.8 Å². The Labute approximate surface area is 111 Å². The van der Waals surface area contributed by atoms with Crippen molar-refractivity contribution in [2.75, 3.05) is 18.9 Å². The highest BCUT2D eigenvalue weighted by molar-refractivity contribution is 7.99. The third-order valence-electron chi connectivity index (χ3n) is 2.88. The molecular formula is C13H18N2O2S. The highest BCUT2D eigenvalue weighted by atomic mass is 32.2. The number of thioether (sulfide) groups is 1. The van der Waals surface area contributed by atoms with Crippen LogP contribution >= 0.6 is 11.8 Å². The van der Waals surface area contributed by atoms with Gasteiger partial charge in [0.25, 0.3) is 0 Å². The topological polar surface area (TPSA) is 61.4 Å². The highest BCUT2D eigenvalue weighted by Crippen LogP contribution is 2.35. The smallest absolute Gasteiger partial charge is 0.315 e. The molecular weight excluding hydrogens is 248 g/mol. The van der Waals surface area contributed by atoms with E-state index in [2.05, 4.69) is 22.8 Å². The maximum atomic E-state index is 11.7. The van der Waals surface area contributed by atoms with Gasteiger partial charge in [-0.15, -0.1) is 11.8 Å². The maximum absolute atomic E-state index is 11.7. The molecule has 2 rings (SSSR count). The number of urea groups is 1. The van der Waals surface area contributed by atoms with E-state index in [0.717, 1.165) is 12.2 Å². The van der Waals surface area contributed by atoms with E-state index in [9.17, 15) is 4.79 Å². The average Bonchev–Trinajstić information content (AvgIpc) is 2.39. The summed E-state index contributed by atoms with van der Waals surface area (Å²) in [4.78, 5) is 12.9. The highest BCUT2D eigenvalue weighted by Gasteiger charge is 2.21. The molecule has 0 saturated carbocycles. The lowest BCUT2D eigenvalue weighted by atomic mass is 10.0. The van der Waals surface area contributed by atoms with Crippen molar-refractivity contribution < 1.29 is 9.90 Å². The Bertz CT molecular complexity index is 412. The molecule has 0 saturated heterocycles. The Kier molecular flexibility index (Phi) is 4.90. The Morgan fingerprint density at radius 3 is 3.11 bits per heavy atom. The van der Waals surface area contributed by atoms with Crippen molar-refractivity contribution in [1.29, 1.82) is 0 Å². The molecule has 0 aliphatic carbocycles. The lowest BCUT2D eigenvalue weighted by Crippen LogP contribution is -2.39. The predicted molar refractivity (Wildman–Crippen MR) is 72.8 cm³/mol. The molecule has 3 N–H and O–H groups in total. The molecule has 0 unspecified atom stereocenters. The van der Waals surface area contributed by atoms with Crippen LogP contribution in [0.15, 0.2) is 29.2 Å². The third-order valence-corrected chi connectivity index (χ3v) is 4.01. The number of amides is 2. The van der Waals surface area contributed by atoms with Crippen LogP contribution < -0.4 is 10.6 Å². The first-order chi connectivity index (χ1) is 8.81. The first kappa shape index (κ1) is 13.2. The molecule has 98 valence electrons. The van der Waals surface area contributed by atoms with E-state index in [1.54, 1.807) is 0 Å². The van der Waals surface area contributed by atoms with Crippen LogP contribution in [0.5, 0.6) is 0 Å². The minimum Gasteiger partial charge on any atom is -0.396 e. The number of fused-ring (bicyclic) bond motifs is 1.